The highest BCUT2D eigenvalue weighted by Crippen LogP contribution is 2.22. The minimum Gasteiger partial charge on any atom is -0.481 e. The van der Waals surface area contributed by atoms with Gasteiger partial charge >= 0.3 is 26.8 Å². The molecule has 204 valence electrons. The smallest absolute Gasteiger partial charge is 0.397 e. The van der Waals surface area contributed by atoms with Gasteiger partial charge in [0.15, 0.2) is 0 Å². The molecule has 0 radical (unpaired) electrons. The average molecular weight is 533 g/mol. The van der Waals surface area contributed by atoms with E-state index in [9.17, 15) is 21.6 Å². The average Bonchev–Trinajstić information content (AvgIpc) is 2.70. The van der Waals surface area contributed by atoms with E-state index in [-0.39, 0.29) is 19.3 Å². The monoisotopic (exact) mass is 532 g/mol. The summed E-state index contributed by atoms with van der Waals surface area (Å²) in [5.74, 6) is -0.771. The lowest BCUT2D eigenvalue weighted by Crippen LogP contribution is -2.35. The molecule has 0 fully saturated rings. The van der Waals surface area contributed by atoms with Crippen LogP contribution < -0.4 is 0 Å². The summed E-state index contributed by atoms with van der Waals surface area (Å²) in [5, 5.41) is 8.60. The van der Waals surface area contributed by atoms with Gasteiger partial charge in [-0.3, -0.25) is 13.9 Å². The number of rotatable bonds is 24. The van der Waals surface area contributed by atoms with E-state index in [1.165, 1.54) is 0 Å². The van der Waals surface area contributed by atoms with Crippen molar-refractivity contribution in [2.24, 2.45) is 0 Å². The normalized spacial score (nSPS) is 14.2. The van der Waals surface area contributed by atoms with Gasteiger partial charge in [0.25, 0.3) is 0 Å². The zero-order chi connectivity index (χ0) is 25.9. The van der Waals surface area contributed by atoms with Crippen molar-refractivity contribution < 1.29 is 44.2 Å². The van der Waals surface area contributed by atoms with Crippen LogP contribution in [0.1, 0.15) is 122 Å². The van der Waals surface area contributed by atoms with E-state index in [1.807, 2.05) is 0 Å². The van der Waals surface area contributed by atoms with Gasteiger partial charge in [0, 0.05) is 6.42 Å². The summed E-state index contributed by atoms with van der Waals surface area (Å²) in [6.45, 7) is 2.10. The summed E-state index contributed by atoms with van der Waals surface area (Å²) >= 11 is 0. The zero-order valence-corrected chi connectivity index (χ0v) is 22.0. The lowest BCUT2D eigenvalue weighted by atomic mass is 9.99. The number of carboxylic acids is 1. The molecule has 12 heteroatoms. The van der Waals surface area contributed by atoms with Crippen LogP contribution in [0.3, 0.4) is 0 Å². The highest BCUT2D eigenvalue weighted by Gasteiger charge is 2.30. The topological polar surface area (TPSA) is 164 Å². The molecule has 0 bridgehead atoms. The maximum Gasteiger partial charge on any atom is 0.397 e. The Kier molecular flexibility index (Phi) is 19.0. The molecule has 0 aromatic carbocycles. The van der Waals surface area contributed by atoms with Crippen molar-refractivity contribution in [3.63, 3.8) is 0 Å². The van der Waals surface area contributed by atoms with E-state index in [0.717, 1.165) is 77.0 Å². The van der Waals surface area contributed by atoms with Gasteiger partial charge in [-0.1, -0.05) is 96.8 Å². The minimum absolute atomic E-state index is 0.158. The van der Waals surface area contributed by atoms with Gasteiger partial charge < -0.3 is 5.11 Å². The van der Waals surface area contributed by atoms with Crippen molar-refractivity contribution in [1.82, 2.24) is 0 Å². The van der Waals surface area contributed by atoms with Crippen LogP contribution in [0, 0.1) is 0 Å². The van der Waals surface area contributed by atoms with Crippen LogP contribution in [0.4, 0.5) is 0 Å². The molecule has 2 atom stereocenters. The summed E-state index contributed by atoms with van der Waals surface area (Å²) in [6, 6.07) is 0. The molecule has 0 saturated carbocycles. The number of hydrogen-bond acceptors (Lipinski definition) is 7. The molecule has 0 aliphatic rings. The standard InChI is InChI=1S/C22H44O10S2/c1-2-3-4-5-11-14-17-20(31-33(25,26)27)21(32-34(28,29)30)18-15-12-9-7-6-8-10-13-16-19-22(23)24/h20-21H,2-19H2,1H3,(H,23,24)(H,25,26,27)(H,28,29,30). The van der Waals surface area contributed by atoms with Crippen molar-refractivity contribution in [2.45, 2.75) is 135 Å². The van der Waals surface area contributed by atoms with E-state index < -0.39 is 39.0 Å². The Balaban J connectivity index is 4.50. The summed E-state index contributed by atoms with van der Waals surface area (Å²) < 4.78 is 72.9. The van der Waals surface area contributed by atoms with Crippen molar-refractivity contribution in [3.8, 4) is 0 Å². The molecule has 0 aliphatic heterocycles. The van der Waals surface area contributed by atoms with Crippen LogP contribution in [0.15, 0.2) is 0 Å². The molecular formula is C22H44O10S2. The highest BCUT2D eigenvalue weighted by molar-refractivity contribution is 7.81. The molecule has 0 saturated heterocycles. The van der Waals surface area contributed by atoms with Crippen LogP contribution in [0.2, 0.25) is 0 Å². The van der Waals surface area contributed by atoms with Gasteiger partial charge in [0.1, 0.15) is 12.2 Å². The van der Waals surface area contributed by atoms with Gasteiger partial charge in [0.2, 0.25) is 0 Å². The Hall–Kier alpha value is -0.790. The first-order valence-electron chi connectivity index (χ1n) is 12.5. The highest BCUT2D eigenvalue weighted by atomic mass is 32.3. The predicted octanol–water partition coefficient (Wildman–Crippen LogP) is 5.49. The number of unbranched alkanes of at least 4 members (excludes halogenated alkanes) is 13. The molecule has 2 unspecified atom stereocenters. The summed E-state index contributed by atoms with van der Waals surface area (Å²) in [7, 11) is -9.65. The third-order valence-corrected chi connectivity index (χ3v) is 6.61. The molecule has 0 aliphatic carbocycles. The van der Waals surface area contributed by atoms with E-state index in [0.29, 0.717) is 19.3 Å². The predicted molar refractivity (Wildman–Crippen MR) is 129 cm³/mol. The van der Waals surface area contributed by atoms with Gasteiger partial charge in [-0.05, 0) is 19.3 Å². The molecule has 0 spiro atoms. The van der Waals surface area contributed by atoms with E-state index in [4.69, 9.17) is 22.6 Å². The molecule has 0 rings (SSSR count). The van der Waals surface area contributed by atoms with Crippen LogP contribution in [-0.4, -0.2) is 49.2 Å². The van der Waals surface area contributed by atoms with E-state index in [1.54, 1.807) is 0 Å². The Morgan fingerprint density at radius 1 is 0.618 bits per heavy atom. The lowest BCUT2D eigenvalue weighted by molar-refractivity contribution is -0.137. The minimum atomic E-state index is -4.83. The molecule has 0 aromatic rings. The van der Waals surface area contributed by atoms with E-state index >= 15 is 0 Å². The van der Waals surface area contributed by atoms with Crippen LogP contribution >= 0.6 is 0 Å². The molecule has 0 amide bonds. The number of carboxylic acid groups (broad SMARTS) is 1. The number of hydrogen-bond donors (Lipinski definition) is 3. The fraction of sp³-hybridized carbons (Fsp3) is 0.955. The second-order valence-corrected chi connectivity index (χ2v) is 10.9. The van der Waals surface area contributed by atoms with Crippen molar-refractivity contribution in [1.29, 1.82) is 0 Å². The quantitative estimate of drug-likeness (QED) is 0.107. The number of carbonyl (C=O) groups is 1. The van der Waals surface area contributed by atoms with Crippen LogP contribution in [0.25, 0.3) is 0 Å². The van der Waals surface area contributed by atoms with Gasteiger partial charge in [0.05, 0.1) is 0 Å². The Labute approximate surface area is 205 Å². The third kappa shape index (κ3) is 23.0. The molecule has 34 heavy (non-hydrogen) atoms. The first kappa shape index (κ1) is 33.2. The second kappa shape index (κ2) is 19.4. The lowest BCUT2D eigenvalue weighted by Gasteiger charge is -2.24. The maximum atomic E-state index is 11.3. The first-order chi connectivity index (χ1) is 15.9. The molecule has 0 aromatic heterocycles. The Bertz CT molecular complexity index is 722. The molecule has 3 N–H and O–H groups in total. The van der Waals surface area contributed by atoms with Crippen LogP contribution in [-0.2, 0) is 34.0 Å². The van der Waals surface area contributed by atoms with Gasteiger partial charge in [-0.25, -0.2) is 8.37 Å². The Morgan fingerprint density at radius 3 is 1.26 bits per heavy atom. The summed E-state index contributed by atoms with van der Waals surface area (Å²) in [4.78, 5) is 10.5. The van der Waals surface area contributed by atoms with E-state index in [2.05, 4.69) is 6.92 Å². The second-order valence-electron chi connectivity index (χ2n) is 8.80. The fourth-order valence-electron chi connectivity index (χ4n) is 3.89. The summed E-state index contributed by atoms with van der Waals surface area (Å²) in [6.07, 6.45) is 11.5. The van der Waals surface area contributed by atoms with Crippen molar-refractivity contribution in [3.05, 3.63) is 0 Å². The summed E-state index contributed by atoms with van der Waals surface area (Å²) in [5.41, 5.74) is 0. The largest absolute Gasteiger partial charge is 0.481 e. The SMILES string of the molecule is CCCCCCCCC(OS(=O)(=O)O)C(CCCCCCCCCCCC(=O)O)OS(=O)(=O)O. The molecule has 10 nitrogen and oxygen atoms in total. The van der Waals surface area contributed by atoms with Gasteiger partial charge in [-0.15, -0.1) is 0 Å². The first-order valence-corrected chi connectivity index (χ1v) is 15.2. The molecule has 0 heterocycles. The number of aliphatic carboxylic acids is 1. The maximum absolute atomic E-state index is 11.3. The fourth-order valence-corrected chi connectivity index (χ4v) is 4.95. The van der Waals surface area contributed by atoms with Crippen molar-refractivity contribution >= 4 is 26.8 Å². The van der Waals surface area contributed by atoms with Crippen LogP contribution in [0.5, 0.6) is 0 Å². The van der Waals surface area contributed by atoms with Crippen molar-refractivity contribution in [2.75, 3.05) is 0 Å². The molecular weight excluding hydrogens is 488 g/mol. The zero-order valence-electron chi connectivity index (χ0n) is 20.4. The third-order valence-electron chi connectivity index (χ3n) is 5.63. The Morgan fingerprint density at radius 2 is 0.941 bits per heavy atom. The van der Waals surface area contributed by atoms with Gasteiger partial charge in [-0.2, -0.15) is 16.8 Å².